The molecule has 1 amide bonds. The minimum Gasteiger partial charge on any atom is -0.353 e. The molecule has 106 valence electrons. The molecule has 2 N–H and O–H groups in total. The molecule has 5 heteroatoms. The SMILES string of the molecule is CCC1(C(=O)NC(C)CCS(C)=O)CCCNC1. The fraction of sp³-hybridized carbons (Fsp3) is 0.923. The van der Waals surface area contributed by atoms with E-state index in [4.69, 9.17) is 0 Å². The molecular weight excluding hydrogens is 248 g/mol. The van der Waals surface area contributed by atoms with Crippen molar-refractivity contribution in [2.24, 2.45) is 5.41 Å². The second-order valence-electron chi connectivity index (χ2n) is 5.35. The average molecular weight is 274 g/mol. The Morgan fingerprint density at radius 1 is 1.56 bits per heavy atom. The molecule has 4 nitrogen and oxygen atoms in total. The lowest BCUT2D eigenvalue weighted by Crippen LogP contribution is -2.52. The van der Waals surface area contributed by atoms with Gasteiger partial charge in [-0.2, -0.15) is 0 Å². The van der Waals surface area contributed by atoms with Crippen LogP contribution in [0.5, 0.6) is 0 Å². The van der Waals surface area contributed by atoms with Crippen molar-refractivity contribution in [3.63, 3.8) is 0 Å². The number of hydrogen-bond acceptors (Lipinski definition) is 3. The van der Waals surface area contributed by atoms with Gasteiger partial charge in [0, 0.05) is 35.4 Å². The fourth-order valence-electron chi connectivity index (χ4n) is 2.42. The molecule has 0 aromatic rings. The highest BCUT2D eigenvalue weighted by Gasteiger charge is 2.38. The van der Waals surface area contributed by atoms with Crippen LogP contribution >= 0.6 is 0 Å². The summed E-state index contributed by atoms with van der Waals surface area (Å²) in [6.07, 6.45) is 5.39. The maximum absolute atomic E-state index is 12.4. The van der Waals surface area contributed by atoms with Crippen LogP contribution in [0.1, 0.15) is 39.5 Å². The van der Waals surface area contributed by atoms with Gasteiger partial charge in [0.05, 0.1) is 5.41 Å². The van der Waals surface area contributed by atoms with Gasteiger partial charge < -0.3 is 10.6 Å². The Kier molecular flexibility index (Phi) is 6.29. The zero-order valence-electron chi connectivity index (χ0n) is 11.8. The van der Waals surface area contributed by atoms with Crippen LogP contribution < -0.4 is 10.6 Å². The molecule has 1 heterocycles. The summed E-state index contributed by atoms with van der Waals surface area (Å²) in [6, 6.07) is 0.103. The zero-order chi connectivity index (χ0) is 13.6. The van der Waals surface area contributed by atoms with Gasteiger partial charge in [0.25, 0.3) is 0 Å². The van der Waals surface area contributed by atoms with E-state index < -0.39 is 10.8 Å². The first-order chi connectivity index (χ1) is 8.50. The predicted molar refractivity (Wildman–Crippen MR) is 76.0 cm³/mol. The monoisotopic (exact) mass is 274 g/mol. The number of carbonyl (C=O) groups is 1. The summed E-state index contributed by atoms with van der Waals surface area (Å²) in [5, 5.41) is 6.40. The van der Waals surface area contributed by atoms with E-state index in [2.05, 4.69) is 17.6 Å². The third-order valence-electron chi connectivity index (χ3n) is 3.85. The van der Waals surface area contributed by atoms with Crippen LogP contribution in [0.3, 0.4) is 0 Å². The lowest BCUT2D eigenvalue weighted by molar-refractivity contribution is -0.133. The van der Waals surface area contributed by atoms with E-state index in [1.807, 2.05) is 6.92 Å². The second kappa shape index (κ2) is 7.24. The third kappa shape index (κ3) is 4.35. The molecule has 0 aromatic carbocycles. The van der Waals surface area contributed by atoms with Gasteiger partial charge in [0.2, 0.25) is 5.91 Å². The van der Waals surface area contributed by atoms with Gasteiger partial charge in [0.1, 0.15) is 0 Å². The van der Waals surface area contributed by atoms with Crippen molar-refractivity contribution >= 4 is 16.7 Å². The van der Waals surface area contributed by atoms with Crippen LogP contribution in [0.4, 0.5) is 0 Å². The average Bonchev–Trinajstić information content (AvgIpc) is 2.37. The first kappa shape index (κ1) is 15.6. The Bertz CT molecular complexity index is 301. The fourth-order valence-corrected chi connectivity index (χ4v) is 3.10. The molecule has 1 rings (SSSR count). The topological polar surface area (TPSA) is 58.2 Å². The number of amides is 1. The largest absolute Gasteiger partial charge is 0.353 e. The summed E-state index contributed by atoms with van der Waals surface area (Å²) >= 11 is 0. The zero-order valence-corrected chi connectivity index (χ0v) is 12.6. The van der Waals surface area contributed by atoms with Crippen LogP contribution in [0.25, 0.3) is 0 Å². The highest BCUT2D eigenvalue weighted by atomic mass is 32.2. The lowest BCUT2D eigenvalue weighted by atomic mass is 9.77. The quantitative estimate of drug-likeness (QED) is 0.761. The first-order valence-electron chi connectivity index (χ1n) is 6.82. The van der Waals surface area contributed by atoms with E-state index in [0.29, 0.717) is 5.75 Å². The number of rotatable bonds is 6. The molecule has 18 heavy (non-hydrogen) atoms. The molecule has 0 spiro atoms. The van der Waals surface area contributed by atoms with Crippen LogP contribution in [-0.4, -0.2) is 41.3 Å². The van der Waals surface area contributed by atoms with E-state index in [-0.39, 0.29) is 17.4 Å². The van der Waals surface area contributed by atoms with Crippen LogP contribution in [0, 0.1) is 5.41 Å². The number of hydrogen-bond donors (Lipinski definition) is 2. The smallest absolute Gasteiger partial charge is 0.227 e. The van der Waals surface area contributed by atoms with Gasteiger partial charge in [-0.05, 0) is 39.2 Å². The molecule has 3 unspecified atom stereocenters. The second-order valence-corrected chi connectivity index (χ2v) is 6.91. The molecule has 3 atom stereocenters. The molecule has 1 aliphatic rings. The minimum absolute atomic E-state index is 0.103. The van der Waals surface area contributed by atoms with Crippen molar-refractivity contribution in [3.8, 4) is 0 Å². The predicted octanol–water partition coefficient (Wildman–Crippen LogP) is 1.04. The van der Waals surface area contributed by atoms with E-state index in [9.17, 15) is 9.00 Å². The Morgan fingerprint density at radius 2 is 2.28 bits per heavy atom. The normalized spacial score (nSPS) is 27.5. The lowest BCUT2D eigenvalue weighted by Gasteiger charge is -2.36. The minimum atomic E-state index is -0.782. The third-order valence-corrected chi connectivity index (χ3v) is 4.66. The highest BCUT2D eigenvalue weighted by molar-refractivity contribution is 7.84. The van der Waals surface area contributed by atoms with E-state index in [1.165, 1.54) is 0 Å². The molecule has 1 fully saturated rings. The standard InChI is InChI=1S/C13H26N2O2S/c1-4-13(7-5-8-14-10-13)12(16)15-11(2)6-9-18(3)17/h11,14H,4-10H2,1-3H3,(H,15,16). The number of nitrogens with one attached hydrogen (secondary N) is 2. The van der Waals surface area contributed by atoms with E-state index >= 15 is 0 Å². The molecular formula is C13H26N2O2S. The summed E-state index contributed by atoms with van der Waals surface area (Å²) in [5.74, 6) is 0.810. The molecule has 0 saturated carbocycles. The van der Waals surface area contributed by atoms with Crippen molar-refractivity contribution in [2.45, 2.75) is 45.6 Å². The van der Waals surface area contributed by atoms with E-state index in [1.54, 1.807) is 6.26 Å². The summed E-state index contributed by atoms with van der Waals surface area (Å²) in [6.45, 7) is 5.86. The molecule has 0 aromatic heterocycles. The molecule has 1 aliphatic heterocycles. The molecule has 1 saturated heterocycles. The van der Waals surface area contributed by atoms with Gasteiger partial charge in [-0.25, -0.2) is 0 Å². The number of piperidine rings is 1. The van der Waals surface area contributed by atoms with Crippen molar-refractivity contribution in [2.75, 3.05) is 25.1 Å². The van der Waals surface area contributed by atoms with Crippen LogP contribution in [0.2, 0.25) is 0 Å². The summed E-state index contributed by atoms with van der Waals surface area (Å²) in [4.78, 5) is 12.4. The van der Waals surface area contributed by atoms with E-state index in [0.717, 1.165) is 38.8 Å². The van der Waals surface area contributed by atoms with Gasteiger partial charge in [-0.15, -0.1) is 0 Å². The Hall–Kier alpha value is -0.420. The van der Waals surface area contributed by atoms with Gasteiger partial charge in [0.15, 0.2) is 0 Å². The van der Waals surface area contributed by atoms with Crippen LogP contribution in [-0.2, 0) is 15.6 Å². The van der Waals surface area contributed by atoms with Gasteiger partial charge in [-0.3, -0.25) is 9.00 Å². The van der Waals surface area contributed by atoms with Crippen molar-refractivity contribution < 1.29 is 9.00 Å². The Morgan fingerprint density at radius 3 is 2.78 bits per heavy atom. The molecule has 0 bridgehead atoms. The van der Waals surface area contributed by atoms with Gasteiger partial charge >= 0.3 is 0 Å². The summed E-state index contributed by atoms with van der Waals surface area (Å²) in [7, 11) is -0.782. The van der Waals surface area contributed by atoms with Crippen molar-refractivity contribution in [1.29, 1.82) is 0 Å². The Labute approximate surface area is 113 Å². The van der Waals surface area contributed by atoms with Crippen LogP contribution in [0.15, 0.2) is 0 Å². The van der Waals surface area contributed by atoms with Crippen molar-refractivity contribution in [1.82, 2.24) is 10.6 Å². The summed E-state index contributed by atoms with van der Waals surface area (Å²) in [5.41, 5.74) is -0.238. The van der Waals surface area contributed by atoms with Crippen molar-refractivity contribution in [3.05, 3.63) is 0 Å². The van der Waals surface area contributed by atoms with Gasteiger partial charge in [-0.1, -0.05) is 6.92 Å². The Balaban J connectivity index is 2.48. The highest BCUT2D eigenvalue weighted by Crippen LogP contribution is 2.30. The first-order valence-corrected chi connectivity index (χ1v) is 8.54. The number of carbonyl (C=O) groups excluding carboxylic acids is 1. The maximum atomic E-state index is 12.4. The molecule has 0 radical (unpaired) electrons. The summed E-state index contributed by atoms with van der Waals surface area (Å²) < 4.78 is 11.0. The maximum Gasteiger partial charge on any atom is 0.227 e. The molecule has 0 aliphatic carbocycles.